The number of methoxy groups -OCH3 is 2. The minimum atomic E-state index is -1.19. The van der Waals surface area contributed by atoms with E-state index < -0.39 is 24.0 Å². The molecular weight excluding hydrogens is 250 g/mol. The van der Waals surface area contributed by atoms with E-state index in [2.05, 4.69) is 10.1 Å². The first-order valence-corrected chi connectivity index (χ1v) is 5.66. The SMILES string of the molecule is COC(=O)[C@@H](NC(C)=O)[C@@H](O)c1ccc(OC)cc1. The zero-order valence-corrected chi connectivity index (χ0v) is 11.0. The maximum atomic E-state index is 11.6. The number of benzene rings is 1. The quantitative estimate of drug-likeness (QED) is 0.755. The maximum Gasteiger partial charge on any atom is 0.331 e. The van der Waals surface area contributed by atoms with Gasteiger partial charge in [0.25, 0.3) is 0 Å². The molecule has 0 bridgehead atoms. The Kier molecular flexibility index (Phi) is 5.32. The largest absolute Gasteiger partial charge is 0.497 e. The summed E-state index contributed by atoms with van der Waals surface area (Å²) < 4.78 is 9.56. The van der Waals surface area contributed by atoms with E-state index in [0.29, 0.717) is 11.3 Å². The Morgan fingerprint density at radius 1 is 1.21 bits per heavy atom. The van der Waals surface area contributed by atoms with Crippen LogP contribution in [0.4, 0.5) is 0 Å². The molecule has 0 aliphatic carbocycles. The predicted octanol–water partition coefficient (Wildman–Crippen LogP) is 0.406. The zero-order chi connectivity index (χ0) is 14.4. The van der Waals surface area contributed by atoms with Crippen LogP contribution in [0.2, 0.25) is 0 Å². The molecule has 0 saturated carbocycles. The van der Waals surface area contributed by atoms with Gasteiger partial charge in [-0.05, 0) is 17.7 Å². The summed E-state index contributed by atoms with van der Waals surface area (Å²) in [6.07, 6.45) is -1.19. The Bertz CT molecular complexity index is 443. The second-order valence-corrected chi connectivity index (χ2v) is 3.92. The summed E-state index contributed by atoms with van der Waals surface area (Å²) in [5, 5.41) is 12.5. The van der Waals surface area contributed by atoms with E-state index in [-0.39, 0.29) is 0 Å². The number of ether oxygens (including phenoxy) is 2. The molecule has 2 N–H and O–H groups in total. The molecule has 0 unspecified atom stereocenters. The monoisotopic (exact) mass is 267 g/mol. The lowest BCUT2D eigenvalue weighted by atomic mass is 10.0. The van der Waals surface area contributed by atoms with Crippen molar-refractivity contribution in [2.45, 2.75) is 19.1 Å². The number of hydrogen-bond acceptors (Lipinski definition) is 5. The topological polar surface area (TPSA) is 84.9 Å². The highest BCUT2D eigenvalue weighted by atomic mass is 16.5. The first kappa shape index (κ1) is 15.0. The molecule has 6 heteroatoms. The third kappa shape index (κ3) is 3.96. The summed E-state index contributed by atoms with van der Waals surface area (Å²) in [6.45, 7) is 1.26. The van der Waals surface area contributed by atoms with Crippen molar-refractivity contribution in [2.24, 2.45) is 0 Å². The van der Waals surface area contributed by atoms with E-state index in [1.165, 1.54) is 21.1 Å². The van der Waals surface area contributed by atoms with E-state index >= 15 is 0 Å². The molecule has 0 aromatic heterocycles. The summed E-state index contributed by atoms with van der Waals surface area (Å²) in [4.78, 5) is 22.6. The normalized spacial score (nSPS) is 13.3. The molecule has 0 aliphatic heterocycles. The van der Waals surface area contributed by atoms with Crippen LogP contribution >= 0.6 is 0 Å². The molecule has 0 spiro atoms. The van der Waals surface area contributed by atoms with E-state index in [1.807, 2.05) is 0 Å². The van der Waals surface area contributed by atoms with Gasteiger partial charge in [0.05, 0.1) is 14.2 Å². The van der Waals surface area contributed by atoms with Gasteiger partial charge in [0.15, 0.2) is 6.04 Å². The molecule has 0 aliphatic rings. The first-order chi connectivity index (χ1) is 8.99. The number of nitrogens with one attached hydrogen (secondary N) is 1. The minimum absolute atomic E-state index is 0.428. The number of amides is 1. The molecule has 2 atom stereocenters. The summed E-state index contributed by atoms with van der Waals surface area (Å²) in [7, 11) is 2.72. The summed E-state index contributed by atoms with van der Waals surface area (Å²) in [5.41, 5.74) is 0.477. The number of carbonyl (C=O) groups excluding carboxylic acids is 2. The Morgan fingerprint density at radius 3 is 2.21 bits per heavy atom. The molecule has 1 rings (SSSR count). The smallest absolute Gasteiger partial charge is 0.331 e. The van der Waals surface area contributed by atoms with Crippen LogP contribution in [-0.4, -0.2) is 37.2 Å². The maximum absolute atomic E-state index is 11.6. The Morgan fingerprint density at radius 2 is 1.79 bits per heavy atom. The molecule has 1 aromatic rings. The van der Waals surface area contributed by atoms with Crippen LogP contribution in [0.25, 0.3) is 0 Å². The highest BCUT2D eigenvalue weighted by Crippen LogP contribution is 2.21. The number of rotatable bonds is 5. The molecule has 6 nitrogen and oxygen atoms in total. The number of carbonyl (C=O) groups is 2. The fourth-order valence-corrected chi connectivity index (χ4v) is 1.61. The third-order valence-electron chi connectivity index (χ3n) is 2.59. The van der Waals surface area contributed by atoms with E-state index in [4.69, 9.17) is 4.74 Å². The lowest BCUT2D eigenvalue weighted by molar-refractivity contribution is -0.148. The third-order valence-corrected chi connectivity index (χ3v) is 2.59. The molecule has 1 amide bonds. The number of aliphatic hydroxyl groups excluding tert-OH is 1. The van der Waals surface area contributed by atoms with Gasteiger partial charge in [0, 0.05) is 6.92 Å². The van der Waals surface area contributed by atoms with Crippen molar-refractivity contribution in [3.8, 4) is 5.75 Å². The van der Waals surface area contributed by atoms with Gasteiger partial charge < -0.3 is 19.9 Å². The molecule has 0 saturated heterocycles. The summed E-state index contributed by atoms with van der Waals surface area (Å²) >= 11 is 0. The van der Waals surface area contributed by atoms with Crippen molar-refractivity contribution in [1.82, 2.24) is 5.32 Å². The summed E-state index contributed by atoms with van der Waals surface area (Å²) in [5.74, 6) is -0.508. The fraction of sp³-hybridized carbons (Fsp3) is 0.385. The second-order valence-electron chi connectivity index (χ2n) is 3.92. The van der Waals surface area contributed by atoms with Crippen LogP contribution in [0.5, 0.6) is 5.75 Å². The van der Waals surface area contributed by atoms with E-state index in [0.717, 1.165) is 0 Å². The van der Waals surface area contributed by atoms with Gasteiger partial charge in [0.2, 0.25) is 5.91 Å². The molecule has 0 radical (unpaired) electrons. The van der Waals surface area contributed by atoms with Crippen molar-refractivity contribution in [1.29, 1.82) is 0 Å². The number of aliphatic hydroxyl groups is 1. The minimum Gasteiger partial charge on any atom is -0.497 e. The van der Waals surface area contributed by atoms with Crippen LogP contribution in [0, 0.1) is 0 Å². The van der Waals surface area contributed by atoms with Crippen LogP contribution in [0.15, 0.2) is 24.3 Å². The van der Waals surface area contributed by atoms with E-state index in [9.17, 15) is 14.7 Å². The van der Waals surface area contributed by atoms with Crippen LogP contribution < -0.4 is 10.1 Å². The highest BCUT2D eigenvalue weighted by Gasteiger charge is 2.29. The van der Waals surface area contributed by atoms with Crippen LogP contribution in [0.1, 0.15) is 18.6 Å². The molecule has 19 heavy (non-hydrogen) atoms. The van der Waals surface area contributed by atoms with E-state index in [1.54, 1.807) is 24.3 Å². The lowest BCUT2D eigenvalue weighted by Gasteiger charge is -2.21. The average Bonchev–Trinajstić information content (AvgIpc) is 2.43. The van der Waals surface area contributed by atoms with Gasteiger partial charge in [-0.2, -0.15) is 0 Å². The first-order valence-electron chi connectivity index (χ1n) is 5.66. The molecule has 0 heterocycles. The number of hydrogen-bond donors (Lipinski definition) is 2. The van der Waals surface area contributed by atoms with Crippen molar-refractivity contribution < 1.29 is 24.2 Å². The fourth-order valence-electron chi connectivity index (χ4n) is 1.61. The standard InChI is InChI=1S/C13H17NO5/c1-8(15)14-11(13(17)19-3)12(16)9-4-6-10(18-2)7-5-9/h4-7,11-12,16H,1-3H3,(H,14,15)/t11-,12-/m0/s1. The van der Waals surface area contributed by atoms with Gasteiger partial charge in [-0.1, -0.05) is 12.1 Å². The van der Waals surface area contributed by atoms with Gasteiger partial charge in [-0.15, -0.1) is 0 Å². The molecule has 1 aromatic carbocycles. The van der Waals surface area contributed by atoms with Crippen molar-refractivity contribution in [3.63, 3.8) is 0 Å². The predicted molar refractivity (Wildman–Crippen MR) is 67.6 cm³/mol. The Labute approximate surface area is 111 Å². The van der Waals surface area contributed by atoms with Crippen LogP contribution in [-0.2, 0) is 14.3 Å². The number of esters is 1. The zero-order valence-electron chi connectivity index (χ0n) is 11.0. The van der Waals surface area contributed by atoms with Gasteiger partial charge in [-0.25, -0.2) is 4.79 Å². The van der Waals surface area contributed by atoms with Crippen molar-refractivity contribution in [3.05, 3.63) is 29.8 Å². The molecular formula is C13H17NO5. The lowest BCUT2D eigenvalue weighted by Crippen LogP contribution is -2.44. The van der Waals surface area contributed by atoms with Gasteiger partial charge >= 0.3 is 5.97 Å². The van der Waals surface area contributed by atoms with Crippen molar-refractivity contribution in [2.75, 3.05) is 14.2 Å². The molecule has 104 valence electrons. The van der Waals surface area contributed by atoms with Gasteiger partial charge in [-0.3, -0.25) is 4.79 Å². The molecule has 0 fully saturated rings. The Hall–Kier alpha value is -2.08. The highest BCUT2D eigenvalue weighted by molar-refractivity contribution is 5.83. The van der Waals surface area contributed by atoms with Gasteiger partial charge in [0.1, 0.15) is 11.9 Å². The van der Waals surface area contributed by atoms with Crippen molar-refractivity contribution >= 4 is 11.9 Å². The average molecular weight is 267 g/mol. The summed E-state index contributed by atoms with van der Waals surface area (Å²) in [6, 6.07) is 5.39. The second kappa shape index (κ2) is 6.75. The Balaban J connectivity index is 2.93. The van der Waals surface area contributed by atoms with Crippen LogP contribution in [0.3, 0.4) is 0 Å².